The normalized spacial score (nSPS) is 19.8. The van der Waals surface area contributed by atoms with Crippen molar-refractivity contribution in [3.63, 3.8) is 0 Å². The van der Waals surface area contributed by atoms with Crippen molar-refractivity contribution in [1.82, 2.24) is 25.0 Å². The zero-order chi connectivity index (χ0) is 18.8. The Morgan fingerprint density at radius 2 is 2.19 bits per heavy atom. The van der Waals surface area contributed by atoms with Gasteiger partial charge in [0.05, 0.1) is 37.0 Å². The molecule has 1 atom stereocenters. The lowest BCUT2D eigenvalue weighted by atomic mass is 10.2. The largest absolute Gasteiger partial charge is 0.377 e. The standard InChI is InChI=1S/C17H20N6OS.CH5N/c1-11-10-24-7-6-22(11)16-8-14(25-12-2-3-12)13-9-19-23(17(13)20-16)15-4-5-18-21-15;1-2/h4-5,8-9,11-12H,2-3,6-7,10H2,1H3,(H,18,21);2H2,1H3. The summed E-state index contributed by atoms with van der Waals surface area (Å²) in [4.78, 5) is 8.57. The van der Waals surface area contributed by atoms with Crippen LogP contribution in [0.25, 0.3) is 16.9 Å². The molecule has 2 fully saturated rings. The second-order valence-corrected chi connectivity index (χ2v) is 7.99. The Morgan fingerprint density at radius 3 is 2.89 bits per heavy atom. The molecule has 1 saturated heterocycles. The number of thioether (sulfide) groups is 1. The highest BCUT2D eigenvalue weighted by atomic mass is 32.2. The molecule has 3 aromatic heterocycles. The number of ether oxygens (including phenoxy) is 1. The Morgan fingerprint density at radius 1 is 1.33 bits per heavy atom. The molecule has 1 aliphatic heterocycles. The fraction of sp³-hybridized carbons (Fsp3) is 0.500. The number of rotatable bonds is 4. The molecule has 2 aliphatic rings. The van der Waals surface area contributed by atoms with E-state index in [4.69, 9.17) is 9.72 Å². The van der Waals surface area contributed by atoms with Crippen LogP contribution in [0.15, 0.2) is 29.4 Å². The Labute approximate surface area is 162 Å². The summed E-state index contributed by atoms with van der Waals surface area (Å²) in [6.07, 6.45) is 6.25. The van der Waals surface area contributed by atoms with Crippen LogP contribution in [-0.2, 0) is 4.74 Å². The van der Waals surface area contributed by atoms with Gasteiger partial charge in [-0.25, -0.2) is 4.98 Å². The first-order chi connectivity index (χ1) is 13.3. The van der Waals surface area contributed by atoms with E-state index in [-0.39, 0.29) is 0 Å². The summed E-state index contributed by atoms with van der Waals surface area (Å²) in [6.45, 7) is 4.54. The van der Waals surface area contributed by atoms with Crippen molar-refractivity contribution in [2.45, 2.75) is 36.0 Å². The molecule has 3 aromatic rings. The van der Waals surface area contributed by atoms with Crippen molar-refractivity contribution in [2.75, 3.05) is 31.7 Å². The van der Waals surface area contributed by atoms with Crippen LogP contribution in [0, 0.1) is 0 Å². The number of nitrogens with zero attached hydrogens (tertiary/aromatic N) is 5. The molecule has 1 saturated carbocycles. The number of aromatic amines is 1. The first-order valence-corrected chi connectivity index (χ1v) is 10.1. The van der Waals surface area contributed by atoms with Gasteiger partial charge in [0.15, 0.2) is 11.5 Å². The van der Waals surface area contributed by atoms with Gasteiger partial charge in [-0.2, -0.15) is 14.9 Å². The van der Waals surface area contributed by atoms with Crippen molar-refractivity contribution in [2.24, 2.45) is 5.73 Å². The van der Waals surface area contributed by atoms with E-state index in [1.807, 2.05) is 28.7 Å². The van der Waals surface area contributed by atoms with Crippen molar-refractivity contribution in [1.29, 1.82) is 0 Å². The van der Waals surface area contributed by atoms with Crippen LogP contribution >= 0.6 is 11.8 Å². The number of nitrogens with two attached hydrogens (primary N) is 1. The van der Waals surface area contributed by atoms with Crippen LogP contribution in [0.5, 0.6) is 0 Å². The van der Waals surface area contributed by atoms with E-state index in [0.717, 1.165) is 47.7 Å². The lowest BCUT2D eigenvalue weighted by Gasteiger charge is -2.34. The van der Waals surface area contributed by atoms with Gasteiger partial charge in [0, 0.05) is 22.8 Å². The number of hydrogen-bond acceptors (Lipinski definition) is 7. The average Bonchev–Trinajstić information content (AvgIpc) is 3.18. The average molecular weight is 388 g/mol. The Balaban J connectivity index is 0.000000872. The van der Waals surface area contributed by atoms with Gasteiger partial charge in [0.25, 0.3) is 0 Å². The van der Waals surface area contributed by atoms with Gasteiger partial charge in [-0.3, -0.25) is 5.10 Å². The Kier molecular flexibility index (Phi) is 5.33. The predicted molar refractivity (Wildman–Crippen MR) is 108 cm³/mol. The molecule has 3 N–H and O–H groups in total. The molecule has 8 nitrogen and oxygen atoms in total. The van der Waals surface area contributed by atoms with Crippen molar-refractivity contribution < 1.29 is 4.74 Å². The summed E-state index contributed by atoms with van der Waals surface area (Å²) in [6, 6.07) is 4.46. The second kappa shape index (κ2) is 7.87. The molecule has 9 heteroatoms. The summed E-state index contributed by atoms with van der Waals surface area (Å²) < 4.78 is 7.43. The molecule has 27 heavy (non-hydrogen) atoms. The van der Waals surface area contributed by atoms with Crippen molar-refractivity contribution >= 4 is 28.6 Å². The molecule has 0 amide bonds. The maximum absolute atomic E-state index is 5.59. The number of aromatic nitrogens is 5. The van der Waals surface area contributed by atoms with Gasteiger partial charge in [0.2, 0.25) is 0 Å². The smallest absolute Gasteiger partial charge is 0.168 e. The van der Waals surface area contributed by atoms with Gasteiger partial charge < -0.3 is 15.4 Å². The topological polar surface area (TPSA) is 97.9 Å². The van der Waals surface area contributed by atoms with Crippen LogP contribution in [0.3, 0.4) is 0 Å². The number of H-pyrrole nitrogens is 1. The molecular weight excluding hydrogens is 362 g/mol. The highest BCUT2D eigenvalue weighted by molar-refractivity contribution is 8.00. The maximum Gasteiger partial charge on any atom is 0.168 e. The zero-order valence-corrected chi connectivity index (χ0v) is 16.4. The molecular formula is C18H25N7OS. The minimum absolute atomic E-state index is 0.320. The third kappa shape index (κ3) is 3.67. The molecule has 0 spiro atoms. The number of pyridine rings is 1. The number of morpholine rings is 1. The fourth-order valence-corrected chi connectivity index (χ4v) is 4.35. The monoisotopic (exact) mass is 387 g/mol. The van der Waals surface area contributed by atoms with E-state index in [9.17, 15) is 0 Å². The van der Waals surface area contributed by atoms with Crippen molar-refractivity contribution in [3.8, 4) is 5.82 Å². The molecule has 0 aromatic carbocycles. The molecule has 1 aliphatic carbocycles. The number of fused-ring (bicyclic) bond motifs is 1. The van der Waals surface area contributed by atoms with E-state index in [1.165, 1.54) is 24.8 Å². The van der Waals surface area contributed by atoms with Gasteiger partial charge in [0.1, 0.15) is 5.82 Å². The van der Waals surface area contributed by atoms with Gasteiger partial charge in [-0.05, 0) is 32.9 Å². The number of hydrogen-bond donors (Lipinski definition) is 2. The van der Waals surface area contributed by atoms with Crippen LogP contribution in [0.4, 0.5) is 5.82 Å². The summed E-state index contributed by atoms with van der Waals surface area (Å²) >= 11 is 1.95. The summed E-state index contributed by atoms with van der Waals surface area (Å²) in [7, 11) is 1.50. The number of anilines is 1. The van der Waals surface area contributed by atoms with E-state index in [0.29, 0.717) is 6.04 Å². The summed E-state index contributed by atoms with van der Waals surface area (Å²) in [5.74, 6) is 1.84. The minimum atomic E-state index is 0.320. The Hall–Kier alpha value is -2.10. The summed E-state index contributed by atoms with van der Waals surface area (Å²) in [5.41, 5.74) is 5.38. The third-order valence-corrected chi connectivity index (χ3v) is 6.08. The maximum atomic E-state index is 5.59. The highest BCUT2D eigenvalue weighted by Gasteiger charge is 2.27. The lowest BCUT2D eigenvalue weighted by molar-refractivity contribution is 0.0985. The predicted octanol–water partition coefficient (Wildman–Crippen LogP) is 2.20. The second-order valence-electron chi connectivity index (χ2n) is 6.65. The molecule has 1 unspecified atom stereocenters. The highest BCUT2D eigenvalue weighted by Crippen LogP contribution is 2.43. The molecule has 4 heterocycles. The van der Waals surface area contributed by atoms with Crippen LogP contribution < -0.4 is 10.6 Å². The van der Waals surface area contributed by atoms with Crippen LogP contribution in [0.2, 0.25) is 0 Å². The summed E-state index contributed by atoms with van der Waals surface area (Å²) in [5, 5.41) is 13.4. The lowest BCUT2D eigenvalue weighted by Crippen LogP contribution is -2.44. The fourth-order valence-electron chi connectivity index (χ4n) is 3.18. The van der Waals surface area contributed by atoms with Gasteiger partial charge in [-0.1, -0.05) is 0 Å². The molecule has 5 rings (SSSR count). The van der Waals surface area contributed by atoms with Crippen molar-refractivity contribution in [3.05, 3.63) is 24.5 Å². The van der Waals surface area contributed by atoms with E-state index < -0.39 is 0 Å². The first kappa shape index (κ1) is 18.3. The zero-order valence-electron chi connectivity index (χ0n) is 15.6. The van der Waals surface area contributed by atoms with E-state index in [2.05, 4.69) is 38.9 Å². The van der Waals surface area contributed by atoms with Crippen LogP contribution in [-0.4, -0.2) is 63.1 Å². The molecule has 0 bridgehead atoms. The SMILES string of the molecule is CC1COCCN1c1cc(SC2CC2)c2cnn(-c3ccn[nH]3)c2n1.CN. The van der Waals surface area contributed by atoms with E-state index in [1.54, 1.807) is 6.20 Å². The minimum Gasteiger partial charge on any atom is -0.377 e. The number of nitrogens with one attached hydrogen (secondary N) is 1. The Bertz CT molecular complexity index is 891. The first-order valence-electron chi connectivity index (χ1n) is 9.27. The van der Waals surface area contributed by atoms with Crippen LogP contribution in [0.1, 0.15) is 19.8 Å². The molecule has 0 radical (unpaired) electrons. The van der Waals surface area contributed by atoms with E-state index >= 15 is 0 Å². The quantitative estimate of drug-likeness (QED) is 0.708. The molecule has 144 valence electrons. The third-order valence-electron chi connectivity index (χ3n) is 4.68. The van der Waals surface area contributed by atoms with Gasteiger partial charge >= 0.3 is 0 Å². The van der Waals surface area contributed by atoms with Gasteiger partial charge in [-0.15, -0.1) is 11.8 Å².